The highest BCUT2D eigenvalue weighted by Crippen LogP contribution is 2.17. The van der Waals surface area contributed by atoms with Gasteiger partial charge in [0, 0.05) is 42.6 Å². The highest BCUT2D eigenvalue weighted by Gasteiger charge is 2.14. The number of rotatable bonds is 6. The Morgan fingerprint density at radius 2 is 2.11 bits per heavy atom. The van der Waals surface area contributed by atoms with Crippen molar-refractivity contribution in [3.63, 3.8) is 0 Å². The van der Waals surface area contributed by atoms with Crippen molar-refractivity contribution in [1.29, 1.82) is 0 Å². The lowest BCUT2D eigenvalue weighted by atomic mass is 10.2. The van der Waals surface area contributed by atoms with E-state index in [1.807, 2.05) is 58.7 Å². The van der Waals surface area contributed by atoms with Crippen LogP contribution in [0.25, 0.3) is 0 Å². The van der Waals surface area contributed by atoms with E-state index in [0.717, 1.165) is 28.5 Å². The summed E-state index contributed by atoms with van der Waals surface area (Å²) in [5.74, 6) is 0. The zero-order valence-corrected chi connectivity index (χ0v) is 18.2. The first-order chi connectivity index (χ1) is 13.4. The van der Waals surface area contributed by atoms with Crippen LogP contribution < -0.4 is 5.32 Å². The van der Waals surface area contributed by atoms with Crippen molar-refractivity contribution >= 4 is 34.6 Å². The minimum atomic E-state index is 0.644. The maximum absolute atomic E-state index is 6.05. The number of halogens is 1. The SMILES string of the molecule is CCn1nc(C)c(CN(C)C(=S)Nc2cnn(Cc3cccc(Cl)c3)c2)c1C. The van der Waals surface area contributed by atoms with E-state index in [-0.39, 0.29) is 0 Å². The van der Waals surface area contributed by atoms with Gasteiger partial charge in [-0.3, -0.25) is 9.36 Å². The predicted molar refractivity (Wildman–Crippen MR) is 118 cm³/mol. The molecule has 0 bridgehead atoms. The monoisotopic (exact) mass is 416 g/mol. The van der Waals surface area contributed by atoms with Crippen molar-refractivity contribution in [2.45, 2.75) is 40.4 Å². The molecule has 0 fully saturated rings. The Morgan fingerprint density at radius 3 is 2.79 bits per heavy atom. The maximum atomic E-state index is 6.05. The first-order valence-corrected chi connectivity index (χ1v) is 9.98. The van der Waals surface area contributed by atoms with Crippen molar-refractivity contribution in [3.8, 4) is 0 Å². The normalized spacial score (nSPS) is 10.9. The Morgan fingerprint density at radius 1 is 1.32 bits per heavy atom. The fourth-order valence-corrected chi connectivity index (χ4v) is 3.53. The molecule has 0 unspecified atom stereocenters. The lowest BCUT2D eigenvalue weighted by Crippen LogP contribution is -2.30. The second-order valence-corrected chi connectivity index (χ2v) is 7.63. The third-order valence-electron chi connectivity index (χ3n) is 4.69. The van der Waals surface area contributed by atoms with Gasteiger partial charge in [0.25, 0.3) is 0 Å². The van der Waals surface area contributed by atoms with Crippen molar-refractivity contribution in [1.82, 2.24) is 24.5 Å². The van der Waals surface area contributed by atoms with Crippen LogP contribution in [0.15, 0.2) is 36.7 Å². The molecule has 0 spiro atoms. The smallest absolute Gasteiger partial charge is 0.173 e. The van der Waals surface area contributed by atoms with Crippen LogP contribution in [0, 0.1) is 13.8 Å². The van der Waals surface area contributed by atoms with Crippen LogP contribution in [0.4, 0.5) is 5.69 Å². The third kappa shape index (κ3) is 4.72. The summed E-state index contributed by atoms with van der Waals surface area (Å²) in [6.07, 6.45) is 3.71. The van der Waals surface area contributed by atoms with Crippen LogP contribution in [0.2, 0.25) is 5.02 Å². The van der Waals surface area contributed by atoms with Gasteiger partial charge in [0.15, 0.2) is 5.11 Å². The van der Waals surface area contributed by atoms with Crippen molar-refractivity contribution in [2.75, 3.05) is 12.4 Å². The van der Waals surface area contributed by atoms with Gasteiger partial charge in [0.2, 0.25) is 0 Å². The zero-order chi connectivity index (χ0) is 20.3. The summed E-state index contributed by atoms with van der Waals surface area (Å²) in [5.41, 5.74) is 5.40. The quantitative estimate of drug-likeness (QED) is 0.609. The standard InChI is InChI=1S/C20H25ClN6S/c1-5-27-15(3)19(14(2)24-27)13-25(4)20(28)23-18-10-22-26(12-18)11-16-7-6-8-17(21)9-16/h6-10,12H,5,11,13H2,1-4H3,(H,23,28). The molecule has 0 amide bonds. The Kier molecular flexibility index (Phi) is 6.36. The highest BCUT2D eigenvalue weighted by atomic mass is 35.5. The van der Waals surface area contributed by atoms with E-state index in [4.69, 9.17) is 23.8 Å². The van der Waals surface area contributed by atoms with Crippen LogP contribution in [-0.4, -0.2) is 36.6 Å². The molecule has 0 atom stereocenters. The van der Waals surface area contributed by atoms with E-state index >= 15 is 0 Å². The van der Waals surface area contributed by atoms with Crippen molar-refractivity contribution < 1.29 is 0 Å². The molecule has 2 heterocycles. The van der Waals surface area contributed by atoms with E-state index in [9.17, 15) is 0 Å². The van der Waals surface area contributed by atoms with E-state index in [1.165, 1.54) is 11.3 Å². The summed E-state index contributed by atoms with van der Waals surface area (Å²) in [7, 11) is 1.98. The molecule has 28 heavy (non-hydrogen) atoms. The molecule has 8 heteroatoms. The van der Waals surface area contributed by atoms with Gasteiger partial charge in [-0.1, -0.05) is 23.7 Å². The van der Waals surface area contributed by atoms with Crippen molar-refractivity contribution in [2.24, 2.45) is 0 Å². The number of nitrogens with one attached hydrogen (secondary N) is 1. The number of thiocarbonyl (C=S) groups is 1. The topological polar surface area (TPSA) is 50.9 Å². The number of aromatic nitrogens is 4. The van der Waals surface area contributed by atoms with Crippen LogP contribution in [0.5, 0.6) is 0 Å². The van der Waals surface area contributed by atoms with Crippen LogP contribution in [-0.2, 0) is 19.6 Å². The molecule has 0 aliphatic heterocycles. The van der Waals surface area contributed by atoms with E-state index in [0.29, 0.717) is 18.2 Å². The van der Waals surface area contributed by atoms with Gasteiger partial charge in [0.1, 0.15) is 0 Å². The fraction of sp³-hybridized carbons (Fsp3) is 0.350. The Balaban J connectivity index is 1.62. The molecule has 1 N–H and O–H groups in total. The van der Waals surface area contributed by atoms with Gasteiger partial charge < -0.3 is 10.2 Å². The van der Waals surface area contributed by atoms with Crippen LogP contribution in [0.3, 0.4) is 0 Å². The molecular weight excluding hydrogens is 392 g/mol. The first-order valence-electron chi connectivity index (χ1n) is 9.19. The number of aryl methyl sites for hydroxylation is 2. The van der Waals surface area contributed by atoms with E-state index in [2.05, 4.69) is 29.4 Å². The number of benzene rings is 1. The van der Waals surface area contributed by atoms with Gasteiger partial charge >= 0.3 is 0 Å². The molecule has 0 aliphatic carbocycles. The Bertz CT molecular complexity index is 977. The maximum Gasteiger partial charge on any atom is 0.173 e. The van der Waals surface area contributed by atoms with Crippen molar-refractivity contribution in [3.05, 3.63) is 64.2 Å². The minimum absolute atomic E-state index is 0.644. The number of hydrogen-bond acceptors (Lipinski definition) is 3. The molecular formula is C20H25ClN6S. The van der Waals surface area contributed by atoms with Gasteiger partial charge in [-0.15, -0.1) is 0 Å². The minimum Gasteiger partial charge on any atom is -0.348 e. The molecule has 0 saturated heterocycles. The molecule has 2 aromatic heterocycles. The molecule has 3 rings (SSSR count). The molecule has 3 aromatic rings. The largest absolute Gasteiger partial charge is 0.348 e. The lowest BCUT2D eigenvalue weighted by Gasteiger charge is -2.20. The first kappa shape index (κ1) is 20.4. The van der Waals surface area contributed by atoms with Crippen LogP contribution >= 0.6 is 23.8 Å². The van der Waals surface area contributed by atoms with Crippen LogP contribution in [0.1, 0.15) is 29.4 Å². The lowest BCUT2D eigenvalue weighted by molar-refractivity contribution is 0.504. The summed E-state index contributed by atoms with van der Waals surface area (Å²) < 4.78 is 3.88. The number of nitrogens with zero attached hydrogens (tertiary/aromatic N) is 5. The third-order valence-corrected chi connectivity index (χ3v) is 5.34. The molecule has 0 saturated carbocycles. The van der Waals surface area contributed by atoms with E-state index in [1.54, 1.807) is 6.20 Å². The molecule has 0 aliphatic rings. The van der Waals surface area contributed by atoms with Gasteiger partial charge in [0.05, 0.1) is 24.1 Å². The second-order valence-electron chi connectivity index (χ2n) is 6.81. The Hall–Kier alpha value is -2.38. The van der Waals surface area contributed by atoms with Gasteiger partial charge in [-0.2, -0.15) is 10.2 Å². The molecule has 148 valence electrons. The second kappa shape index (κ2) is 8.75. The summed E-state index contributed by atoms with van der Waals surface area (Å²) in [6.45, 7) is 8.46. The van der Waals surface area contributed by atoms with E-state index < -0.39 is 0 Å². The number of anilines is 1. The summed E-state index contributed by atoms with van der Waals surface area (Å²) in [4.78, 5) is 2.01. The Labute approximate surface area is 176 Å². The number of hydrogen-bond donors (Lipinski definition) is 1. The van der Waals surface area contributed by atoms with Gasteiger partial charge in [-0.25, -0.2) is 0 Å². The van der Waals surface area contributed by atoms with Gasteiger partial charge in [-0.05, 0) is 50.7 Å². The zero-order valence-electron chi connectivity index (χ0n) is 16.6. The molecule has 1 aromatic carbocycles. The summed E-state index contributed by atoms with van der Waals surface area (Å²) in [5, 5.41) is 13.6. The average molecular weight is 417 g/mol. The molecule has 6 nitrogen and oxygen atoms in total. The predicted octanol–water partition coefficient (Wildman–Crippen LogP) is 4.25. The fourth-order valence-electron chi connectivity index (χ4n) is 3.14. The summed E-state index contributed by atoms with van der Waals surface area (Å²) >= 11 is 11.6. The average Bonchev–Trinajstić information content (AvgIpc) is 3.20. The highest BCUT2D eigenvalue weighted by molar-refractivity contribution is 7.80. The summed E-state index contributed by atoms with van der Waals surface area (Å²) in [6, 6.07) is 7.77. The molecule has 0 radical (unpaired) electrons.